The average molecular weight is 407 g/mol. The first-order chi connectivity index (χ1) is 12.2. The summed E-state index contributed by atoms with van der Waals surface area (Å²) in [6.07, 6.45) is 0. The van der Waals surface area contributed by atoms with Crippen LogP contribution in [0, 0.1) is 0 Å². The molecule has 2 rings (SSSR count). The summed E-state index contributed by atoms with van der Waals surface area (Å²) in [4.78, 5) is 5.04. The molecule has 0 atom stereocenters. The molecule has 0 bridgehead atoms. The molecule has 0 aliphatic rings. The highest BCUT2D eigenvalue weighted by Gasteiger charge is 2.46. The van der Waals surface area contributed by atoms with Crippen LogP contribution in [0.15, 0.2) is 53.7 Å². The molecule has 1 N–H and O–H groups in total. The third kappa shape index (κ3) is 4.67. The fourth-order valence-corrected chi connectivity index (χ4v) is 2.74. The Bertz CT molecular complexity index is 901. The number of oxime groups is 1. The topological polar surface area (TPSA) is 67.8 Å². The summed E-state index contributed by atoms with van der Waals surface area (Å²) >= 11 is 5.95. The van der Waals surface area contributed by atoms with Crippen LogP contribution in [-0.4, -0.2) is 26.2 Å². The van der Waals surface area contributed by atoms with Gasteiger partial charge in [-0.05, 0) is 25.1 Å². The fraction of sp³-hybridized carbons (Fsp3) is 0.188. The van der Waals surface area contributed by atoms with Crippen LogP contribution >= 0.6 is 11.6 Å². The lowest BCUT2D eigenvalue weighted by molar-refractivity contribution is -0.0429. The predicted octanol–water partition coefficient (Wildman–Crippen LogP) is 4.39. The minimum absolute atomic E-state index is 0.0463. The molecule has 2 aromatic rings. The summed E-state index contributed by atoms with van der Waals surface area (Å²) in [7, 11) is -5.61. The molecule has 26 heavy (non-hydrogen) atoms. The molecule has 0 saturated carbocycles. The average Bonchev–Trinajstić information content (AvgIpc) is 2.57. The number of anilines is 1. The number of hydrogen-bond donors (Lipinski definition) is 1. The minimum Gasteiger partial charge on any atom is -0.396 e. The first-order valence-corrected chi connectivity index (χ1v) is 9.16. The summed E-state index contributed by atoms with van der Waals surface area (Å²) in [5.74, 6) is 0. The zero-order valence-electron chi connectivity index (χ0n) is 13.4. The first kappa shape index (κ1) is 20.1. The molecule has 0 heterocycles. The van der Waals surface area contributed by atoms with Crippen LogP contribution in [0.5, 0.6) is 0 Å². The lowest BCUT2D eigenvalue weighted by atomic mass is 10.0. The lowest BCUT2D eigenvalue weighted by Crippen LogP contribution is -2.30. The van der Waals surface area contributed by atoms with Crippen molar-refractivity contribution in [3.8, 4) is 0 Å². The van der Waals surface area contributed by atoms with Crippen LogP contribution in [0.3, 0.4) is 0 Å². The van der Waals surface area contributed by atoms with Crippen molar-refractivity contribution in [2.24, 2.45) is 5.16 Å². The summed E-state index contributed by atoms with van der Waals surface area (Å²) < 4.78 is 62.7. The van der Waals surface area contributed by atoms with E-state index in [9.17, 15) is 21.6 Å². The Balaban J connectivity index is 2.61. The van der Waals surface area contributed by atoms with E-state index in [4.69, 9.17) is 16.4 Å². The van der Waals surface area contributed by atoms with Crippen LogP contribution in [0.4, 0.5) is 18.9 Å². The molecular weight excluding hydrogens is 393 g/mol. The molecule has 0 spiro atoms. The second kappa shape index (κ2) is 7.96. The van der Waals surface area contributed by atoms with Crippen molar-refractivity contribution in [2.75, 3.05) is 11.3 Å². The van der Waals surface area contributed by atoms with Gasteiger partial charge in [0.05, 0.1) is 5.69 Å². The van der Waals surface area contributed by atoms with E-state index < -0.39 is 15.5 Å². The number of alkyl halides is 3. The van der Waals surface area contributed by atoms with Gasteiger partial charge in [0.15, 0.2) is 0 Å². The van der Waals surface area contributed by atoms with Gasteiger partial charge in [0.2, 0.25) is 0 Å². The second-order valence-electron chi connectivity index (χ2n) is 4.96. The number of benzene rings is 2. The van der Waals surface area contributed by atoms with Crippen LogP contribution in [0.2, 0.25) is 5.02 Å². The SMILES string of the molecule is CCO/N=C(\c1ccccc1)c1cc(Cl)ccc1NS(=O)(=O)C(F)(F)F. The third-order valence-corrected chi connectivity index (χ3v) is 4.45. The Morgan fingerprint density at radius 3 is 2.42 bits per heavy atom. The van der Waals surface area contributed by atoms with Gasteiger partial charge < -0.3 is 4.84 Å². The summed E-state index contributed by atoms with van der Waals surface area (Å²) in [6.45, 7) is 1.89. The van der Waals surface area contributed by atoms with Crippen molar-refractivity contribution in [3.63, 3.8) is 0 Å². The second-order valence-corrected chi connectivity index (χ2v) is 7.08. The van der Waals surface area contributed by atoms with Crippen LogP contribution in [0.1, 0.15) is 18.1 Å². The molecule has 5 nitrogen and oxygen atoms in total. The van der Waals surface area contributed by atoms with Crippen LogP contribution in [-0.2, 0) is 14.9 Å². The maximum absolute atomic E-state index is 12.7. The molecule has 0 saturated heterocycles. The molecule has 0 aromatic heterocycles. The Hall–Kier alpha value is -2.26. The first-order valence-electron chi connectivity index (χ1n) is 7.30. The number of rotatable bonds is 6. The van der Waals surface area contributed by atoms with Gasteiger partial charge in [-0.2, -0.15) is 21.6 Å². The lowest BCUT2D eigenvalue weighted by Gasteiger charge is -2.16. The van der Waals surface area contributed by atoms with Crippen molar-refractivity contribution in [3.05, 3.63) is 64.7 Å². The quantitative estimate of drug-likeness (QED) is 0.571. The van der Waals surface area contributed by atoms with Gasteiger partial charge in [-0.25, -0.2) is 0 Å². The van der Waals surface area contributed by atoms with E-state index in [2.05, 4.69) is 5.16 Å². The predicted molar refractivity (Wildman–Crippen MR) is 93.8 cm³/mol. The molecule has 10 heteroatoms. The van der Waals surface area contributed by atoms with Gasteiger partial charge in [0, 0.05) is 16.1 Å². The van der Waals surface area contributed by atoms with Gasteiger partial charge in [-0.1, -0.05) is 47.1 Å². The van der Waals surface area contributed by atoms with Crippen LogP contribution in [0.25, 0.3) is 0 Å². The highest BCUT2D eigenvalue weighted by Crippen LogP contribution is 2.30. The number of nitrogens with zero attached hydrogens (tertiary/aromatic N) is 1. The smallest absolute Gasteiger partial charge is 0.396 e. The monoisotopic (exact) mass is 406 g/mol. The standard InChI is InChI=1S/C16H14ClF3N2O3S/c1-2-25-21-15(11-6-4-3-5-7-11)13-10-12(17)8-9-14(13)22-26(23,24)16(18,19)20/h3-10,22H,2H2,1H3/b21-15+. The van der Waals surface area contributed by atoms with Gasteiger partial charge in [-0.15, -0.1) is 0 Å². The molecule has 0 unspecified atom stereocenters. The fourth-order valence-electron chi connectivity index (χ4n) is 1.99. The molecule has 0 aliphatic heterocycles. The maximum atomic E-state index is 12.7. The van der Waals surface area contributed by atoms with E-state index in [0.29, 0.717) is 5.56 Å². The molecule has 0 aliphatic carbocycles. The number of halogens is 4. The normalized spacial score (nSPS) is 12.7. The van der Waals surface area contributed by atoms with E-state index in [0.717, 1.165) is 6.07 Å². The third-order valence-electron chi connectivity index (χ3n) is 3.12. The number of hydrogen-bond acceptors (Lipinski definition) is 4. The summed E-state index contributed by atoms with van der Waals surface area (Å²) in [5.41, 5.74) is -5.10. The molecule has 0 amide bonds. The van der Waals surface area contributed by atoms with Crippen molar-refractivity contribution < 1.29 is 26.4 Å². The number of nitrogens with one attached hydrogen (secondary N) is 1. The highest BCUT2D eigenvalue weighted by atomic mass is 35.5. The zero-order valence-corrected chi connectivity index (χ0v) is 15.0. The Morgan fingerprint density at radius 1 is 1.19 bits per heavy atom. The van der Waals surface area contributed by atoms with E-state index in [1.165, 1.54) is 16.9 Å². The largest absolute Gasteiger partial charge is 0.516 e. The van der Waals surface area contributed by atoms with Gasteiger partial charge in [0.1, 0.15) is 12.3 Å². The van der Waals surface area contributed by atoms with E-state index in [1.807, 2.05) is 0 Å². The van der Waals surface area contributed by atoms with E-state index in [1.54, 1.807) is 37.3 Å². The molecule has 2 aromatic carbocycles. The van der Waals surface area contributed by atoms with Gasteiger partial charge >= 0.3 is 15.5 Å². The van der Waals surface area contributed by atoms with Crippen LogP contribution < -0.4 is 4.72 Å². The highest BCUT2D eigenvalue weighted by molar-refractivity contribution is 7.93. The molecule has 0 fully saturated rings. The van der Waals surface area contributed by atoms with Crippen molar-refractivity contribution in [1.29, 1.82) is 0 Å². The number of sulfonamides is 1. The van der Waals surface area contributed by atoms with Crippen molar-refractivity contribution in [1.82, 2.24) is 0 Å². The minimum atomic E-state index is -5.61. The van der Waals surface area contributed by atoms with E-state index >= 15 is 0 Å². The van der Waals surface area contributed by atoms with E-state index in [-0.39, 0.29) is 28.6 Å². The maximum Gasteiger partial charge on any atom is 0.516 e. The van der Waals surface area contributed by atoms with Gasteiger partial charge in [-0.3, -0.25) is 4.72 Å². The zero-order chi connectivity index (χ0) is 19.4. The van der Waals surface area contributed by atoms with Crippen molar-refractivity contribution in [2.45, 2.75) is 12.4 Å². The molecule has 0 radical (unpaired) electrons. The molecular formula is C16H14ClF3N2O3S. The summed E-state index contributed by atoms with van der Waals surface area (Å²) in [6, 6.07) is 12.1. The Labute approximate surface area is 153 Å². The Morgan fingerprint density at radius 2 is 1.85 bits per heavy atom. The Kier molecular flexibility index (Phi) is 6.14. The van der Waals surface area contributed by atoms with Crippen molar-refractivity contribution >= 4 is 33.0 Å². The summed E-state index contributed by atoms with van der Waals surface area (Å²) in [5, 5.41) is 4.11. The molecule has 140 valence electrons. The van der Waals surface area contributed by atoms with Gasteiger partial charge in [0.25, 0.3) is 0 Å².